The fourth-order valence-electron chi connectivity index (χ4n) is 2.56. The molecule has 0 radical (unpaired) electrons. The number of aromatic amines is 1. The van der Waals surface area contributed by atoms with E-state index in [9.17, 15) is 0 Å². The van der Waals surface area contributed by atoms with E-state index in [0.717, 1.165) is 16.8 Å². The number of H-pyrrole nitrogens is 1. The van der Waals surface area contributed by atoms with Crippen LogP contribution in [-0.2, 0) is 6.54 Å². The average molecular weight is 246 g/mol. The highest BCUT2D eigenvalue weighted by Gasteiger charge is 2.41. The molecule has 1 N–H and O–H groups in total. The molecule has 3 heteroatoms. The normalized spacial score (nSPS) is 17.5. The third-order valence-corrected chi connectivity index (χ3v) is 4.45. The summed E-state index contributed by atoms with van der Waals surface area (Å²) < 4.78 is 3.15. The van der Waals surface area contributed by atoms with E-state index in [4.69, 9.17) is 12.2 Å². The largest absolute Gasteiger partial charge is 0.331 e. The monoisotopic (exact) mass is 246 g/mol. The van der Waals surface area contributed by atoms with Crippen molar-refractivity contribution in [2.75, 3.05) is 0 Å². The predicted octanol–water partition coefficient (Wildman–Crippen LogP) is 4.20. The van der Waals surface area contributed by atoms with Gasteiger partial charge in [0.15, 0.2) is 4.77 Å². The fraction of sp³-hybridized carbons (Fsp3) is 0.500. The van der Waals surface area contributed by atoms with Crippen molar-refractivity contribution in [1.29, 1.82) is 0 Å². The highest BCUT2D eigenvalue weighted by molar-refractivity contribution is 7.71. The Morgan fingerprint density at radius 3 is 2.82 bits per heavy atom. The SMILES string of the molecule is CCC1(Cn2c(=S)[nH]c3ccc(C)cc32)CC1. The second-order valence-corrected chi connectivity index (χ2v) is 5.78. The quantitative estimate of drug-likeness (QED) is 0.805. The number of hydrogen-bond donors (Lipinski definition) is 1. The lowest BCUT2D eigenvalue weighted by Crippen LogP contribution is -2.10. The molecule has 90 valence electrons. The van der Waals surface area contributed by atoms with Crippen LogP contribution >= 0.6 is 12.2 Å². The van der Waals surface area contributed by atoms with Gasteiger partial charge in [0.1, 0.15) is 0 Å². The van der Waals surface area contributed by atoms with Crippen molar-refractivity contribution in [3.05, 3.63) is 28.5 Å². The molecule has 2 aromatic rings. The number of aryl methyl sites for hydroxylation is 1. The second-order valence-electron chi connectivity index (χ2n) is 5.39. The Bertz CT molecular complexity index is 617. The zero-order chi connectivity index (χ0) is 12.0. The van der Waals surface area contributed by atoms with Crippen LogP contribution in [0.15, 0.2) is 18.2 Å². The van der Waals surface area contributed by atoms with Crippen LogP contribution in [0.1, 0.15) is 31.7 Å². The topological polar surface area (TPSA) is 20.7 Å². The maximum Gasteiger partial charge on any atom is 0.178 e. The molecule has 17 heavy (non-hydrogen) atoms. The minimum absolute atomic E-state index is 0.525. The van der Waals surface area contributed by atoms with Gasteiger partial charge in [-0.25, -0.2) is 0 Å². The molecule has 0 amide bonds. The molecular formula is C14H18N2S. The van der Waals surface area contributed by atoms with Gasteiger partial charge < -0.3 is 9.55 Å². The zero-order valence-corrected chi connectivity index (χ0v) is 11.2. The lowest BCUT2D eigenvalue weighted by Gasteiger charge is -2.14. The Labute approximate surface area is 107 Å². The molecule has 0 saturated heterocycles. The maximum atomic E-state index is 5.45. The second kappa shape index (κ2) is 3.70. The summed E-state index contributed by atoms with van der Waals surface area (Å²) in [6, 6.07) is 6.49. The number of aromatic nitrogens is 2. The molecule has 0 atom stereocenters. The highest BCUT2D eigenvalue weighted by atomic mass is 32.1. The average Bonchev–Trinajstić information content (AvgIpc) is 3.03. The Balaban J connectivity index is 2.11. The van der Waals surface area contributed by atoms with Crippen LogP contribution in [0.3, 0.4) is 0 Å². The fourth-order valence-corrected chi connectivity index (χ4v) is 2.83. The molecule has 1 heterocycles. The van der Waals surface area contributed by atoms with E-state index >= 15 is 0 Å². The first-order valence-corrected chi connectivity index (χ1v) is 6.74. The number of benzene rings is 1. The smallest absolute Gasteiger partial charge is 0.178 e. The number of fused-ring (bicyclic) bond motifs is 1. The van der Waals surface area contributed by atoms with Gasteiger partial charge >= 0.3 is 0 Å². The molecule has 1 aliphatic carbocycles. The summed E-state index contributed by atoms with van der Waals surface area (Å²) in [6.45, 7) is 5.50. The molecule has 0 spiro atoms. The van der Waals surface area contributed by atoms with Crippen molar-refractivity contribution in [3.8, 4) is 0 Å². The van der Waals surface area contributed by atoms with Crippen LogP contribution < -0.4 is 0 Å². The summed E-state index contributed by atoms with van der Waals surface area (Å²) in [5, 5.41) is 0. The zero-order valence-electron chi connectivity index (χ0n) is 10.4. The molecule has 1 saturated carbocycles. The summed E-state index contributed by atoms with van der Waals surface area (Å²) >= 11 is 5.45. The molecule has 1 aromatic carbocycles. The minimum Gasteiger partial charge on any atom is -0.331 e. The third kappa shape index (κ3) is 1.82. The number of imidazole rings is 1. The lowest BCUT2D eigenvalue weighted by atomic mass is 10.0. The van der Waals surface area contributed by atoms with Crippen LogP contribution in [0.2, 0.25) is 0 Å². The highest BCUT2D eigenvalue weighted by Crippen LogP contribution is 2.50. The molecule has 0 aliphatic heterocycles. The molecule has 1 aliphatic rings. The van der Waals surface area contributed by atoms with Gasteiger partial charge in [-0.2, -0.15) is 0 Å². The first kappa shape index (κ1) is 11.0. The Kier molecular flexibility index (Phi) is 2.40. The first-order chi connectivity index (χ1) is 8.13. The van der Waals surface area contributed by atoms with Gasteiger partial charge in [-0.3, -0.25) is 0 Å². The van der Waals surface area contributed by atoms with Gasteiger partial charge in [-0.1, -0.05) is 13.0 Å². The van der Waals surface area contributed by atoms with E-state index < -0.39 is 0 Å². The van der Waals surface area contributed by atoms with Crippen molar-refractivity contribution in [2.24, 2.45) is 5.41 Å². The van der Waals surface area contributed by atoms with E-state index in [1.165, 1.54) is 30.3 Å². The van der Waals surface area contributed by atoms with Gasteiger partial charge in [0.05, 0.1) is 11.0 Å². The number of nitrogens with zero attached hydrogens (tertiary/aromatic N) is 1. The Morgan fingerprint density at radius 2 is 2.18 bits per heavy atom. The number of rotatable bonds is 3. The van der Waals surface area contributed by atoms with E-state index in [-0.39, 0.29) is 0 Å². The van der Waals surface area contributed by atoms with E-state index in [2.05, 4.69) is 41.6 Å². The third-order valence-electron chi connectivity index (χ3n) is 4.13. The Morgan fingerprint density at radius 1 is 1.41 bits per heavy atom. The van der Waals surface area contributed by atoms with Crippen LogP contribution in [0.4, 0.5) is 0 Å². The first-order valence-electron chi connectivity index (χ1n) is 6.33. The standard InChI is InChI=1S/C14H18N2S/c1-3-14(6-7-14)9-16-12-8-10(2)4-5-11(12)15-13(16)17/h4-5,8H,3,6-7,9H2,1-2H3,(H,15,17). The van der Waals surface area contributed by atoms with Gasteiger partial charge in [-0.05, 0) is 61.5 Å². The minimum atomic E-state index is 0.525. The van der Waals surface area contributed by atoms with Crippen molar-refractivity contribution >= 4 is 23.3 Å². The summed E-state index contributed by atoms with van der Waals surface area (Å²) in [5.41, 5.74) is 4.24. The Hall–Kier alpha value is -1.09. The molecular weight excluding hydrogens is 228 g/mol. The predicted molar refractivity (Wildman–Crippen MR) is 73.8 cm³/mol. The van der Waals surface area contributed by atoms with E-state index in [0.29, 0.717) is 5.41 Å². The van der Waals surface area contributed by atoms with Crippen molar-refractivity contribution < 1.29 is 0 Å². The van der Waals surface area contributed by atoms with Gasteiger partial charge in [0.25, 0.3) is 0 Å². The van der Waals surface area contributed by atoms with E-state index in [1.54, 1.807) is 0 Å². The van der Waals surface area contributed by atoms with Crippen molar-refractivity contribution in [1.82, 2.24) is 9.55 Å². The van der Waals surface area contributed by atoms with Crippen molar-refractivity contribution in [2.45, 2.75) is 39.7 Å². The summed E-state index contributed by atoms with van der Waals surface area (Å²) in [5.74, 6) is 0. The summed E-state index contributed by atoms with van der Waals surface area (Å²) in [4.78, 5) is 3.31. The van der Waals surface area contributed by atoms with Crippen LogP contribution in [-0.4, -0.2) is 9.55 Å². The summed E-state index contributed by atoms with van der Waals surface area (Å²) in [6.07, 6.45) is 3.96. The van der Waals surface area contributed by atoms with Gasteiger partial charge in [0.2, 0.25) is 0 Å². The van der Waals surface area contributed by atoms with Crippen molar-refractivity contribution in [3.63, 3.8) is 0 Å². The van der Waals surface area contributed by atoms with Crippen LogP contribution in [0.25, 0.3) is 11.0 Å². The summed E-state index contributed by atoms with van der Waals surface area (Å²) in [7, 11) is 0. The van der Waals surface area contributed by atoms with Gasteiger partial charge in [0, 0.05) is 6.54 Å². The molecule has 0 unspecified atom stereocenters. The molecule has 1 fully saturated rings. The van der Waals surface area contributed by atoms with E-state index in [1.807, 2.05) is 0 Å². The number of nitrogens with one attached hydrogen (secondary N) is 1. The molecule has 3 rings (SSSR count). The van der Waals surface area contributed by atoms with Gasteiger partial charge in [-0.15, -0.1) is 0 Å². The van der Waals surface area contributed by atoms with Crippen LogP contribution in [0.5, 0.6) is 0 Å². The molecule has 0 bridgehead atoms. The van der Waals surface area contributed by atoms with Crippen LogP contribution in [0, 0.1) is 17.1 Å². The maximum absolute atomic E-state index is 5.45. The molecule has 2 nitrogen and oxygen atoms in total. The molecule has 1 aromatic heterocycles. The number of hydrogen-bond acceptors (Lipinski definition) is 1. The lowest BCUT2D eigenvalue weighted by molar-refractivity contribution is 0.412.